The topological polar surface area (TPSA) is 120 Å². The Balaban J connectivity index is 4.34. The number of nitrogens with one attached hydrogen (secondary N) is 1. The van der Waals surface area contributed by atoms with E-state index in [1.54, 1.807) is 7.05 Å². The van der Waals surface area contributed by atoms with Crippen molar-refractivity contribution in [3.8, 4) is 0 Å². The summed E-state index contributed by atoms with van der Waals surface area (Å²) in [5.41, 5.74) is 0. The third-order valence-corrected chi connectivity index (χ3v) is 10.1. The molecule has 0 aromatic rings. The zero-order valence-corrected chi connectivity index (χ0v) is 36.7. The van der Waals surface area contributed by atoms with Gasteiger partial charge >= 0.3 is 19.8 Å². The minimum absolute atomic E-state index is 0.0314. The number of phosphoric acid groups is 1. The number of carbonyl (C=O) groups excluding carboxylic acids is 2. The second-order valence-electron chi connectivity index (χ2n) is 14.5. The number of rotatable bonds is 41. The summed E-state index contributed by atoms with van der Waals surface area (Å²) < 4.78 is 33.1. The number of likely N-dealkylation sites (N-methyl/N-ethyl adjacent to an activating group) is 1. The van der Waals surface area contributed by atoms with Crippen LogP contribution < -0.4 is 5.32 Å². The number of ether oxygens (including phenoxy) is 2. The average Bonchev–Trinajstić information content (AvgIpc) is 3.18. The summed E-state index contributed by atoms with van der Waals surface area (Å²) in [6.45, 7) is 4.11. The van der Waals surface area contributed by atoms with Crippen LogP contribution in [0.1, 0.15) is 181 Å². The van der Waals surface area contributed by atoms with Gasteiger partial charge in [-0.15, -0.1) is 0 Å². The quantitative estimate of drug-likeness (QED) is 0.0269. The van der Waals surface area contributed by atoms with E-state index in [0.717, 1.165) is 44.9 Å². The van der Waals surface area contributed by atoms with Crippen LogP contribution in [0.2, 0.25) is 0 Å². The van der Waals surface area contributed by atoms with E-state index in [0.29, 0.717) is 13.0 Å². The van der Waals surface area contributed by atoms with Gasteiger partial charge in [0.15, 0.2) is 6.10 Å². The molecule has 2 unspecified atom stereocenters. The maximum absolute atomic E-state index is 12.6. The molecule has 0 heterocycles. The normalized spacial score (nSPS) is 13.9. The highest BCUT2D eigenvalue weighted by Gasteiger charge is 2.26. The van der Waals surface area contributed by atoms with Gasteiger partial charge in [0.1, 0.15) is 6.61 Å². The van der Waals surface area contributed by atoms with Gasteiger partial charge in [0.2, 0.25) is 0 Å². The molecule has 56 heavy (non-hydrogen) atoms. The molecule has 0 saturated heterocycles. The summed E-state index contributed by atoms with van der Waals surface area (Å²) >= 11 is 0. The summed E-state index contributed by atoms with van der Waals surface area (Å²) in [5, 5.41) is 2.82. The van der Waals surface area contributed by atoms with Crippen molar-refractivity contribution < 1.29 is 37.6 Å². The maximum Gasteiger partial charge on any atom is 0.472 e. The highest BCUT2D eigenvalue weighted by atomic mass is 31.2. The van der Waals surface area contributed by atoms with Gasteiger partial charge in [-0.2, -0.15) is 0 Å². The van der Waals surface area contributed by atoms with Gasteiger partial charge in [-0.05, 0) is 58.4 Å². The molecule has 2 atom stereocenters. The number of hydrogen-bond acceptors (Lipinski definition) is 8. The van der Waals surface area contributed by atoms with Crippen molar-refractivity contribution in [1.29, 1.82) is 0 Å². The second-order valence-corrected chi connectivity index (χ2v) is 16.0. The fourth-order valence-electron chi connectivity index (χ4n) is 5.77. The lowest BCUT2D eigenvalue weighted by Gasteiger charge is -2.19. The van der Waals surface area contributed by atoms with Crippen molar-refractivity contribution >= 4 is 19.8 Å². The summed E-state index contributed by atoms with van der Waals surface area (Å²) in [4.78, 5) is 35.0. The molecule has 2 N–H and O–H groups in total. The Morgan fingerprint density at radius 3 is 1.50 bits per heavy atom. The summed E-state index contributed by atoms with van der Waals surface area (Å²) in [5.74, 6) is -0.902. The van der Waals surface area contributed by atoms with Gasteiger partial charge in [0.05, 0.1) is 13.2 Å². The van der Waals surface area contributed by atoms with Gasteiger partial charge in [0, 0.05) is 19.4 Å². The molecule has 0 aromatic heterocycles. The van der Waals surface area contributed by atoms with Crippen LogP contribution in [0.5, 0.6) is 0 Å². The van der Waals surface area contributed by atoms with E-state index in [9.17, 15) is 19.0 Å². The molecule has 0 spiro atoms. The molecular formula is C46H82NO8P. The van der Waals surface area contributed by atoms with Gasteiger partial charge in [-0.25, -0.2) is 4.57 Å². The number of allylic oxidation sites excluding steroid dienone is 10. The fourth-order valence-corrected chi connectivity index (χ4v) is 6.52. The molecule has 10 heteroatoms. The largest absolute Gasteiger partial charge is 0.472 e. The Bertz CT molecular complexity index is 1100. The Morgan fingerprint density at radius 2 is 1.00 bits per heavy atom. The molecule has 0 amide bonds. The van der Waals surface area contributed by atoms with Gasteiger partial charge in [0.25, 0.3) is 0 Å². The van der Waals surface area contributed by atoms with E-state index in [-0.39, 0.29) is 26.1 Å². The van der Waals surface area contributed by atoms with Crippen LogP contribution in [0.4, 0.5) is 0 Å². The fraction of sp³-hybridized carbons (Fsp3) is 0.739. The Morgan fingerprint density at radius 1 is 0.554 bits per heavy atom. The minimum atomic E-state index is -4.37. The summed E-state index contributed by atoms with van der Waals surface area (Å²) in [7, 11) is -2.68. The molecule has 0 saturated carbocycles. The van der Waals surface area contributed by atoms with Crippen LogP contribution in [-0.2, 0) is 32.7 Å². The van der Waals surface area contributed by atoms with Crippen LogP contribution in [0.15, 0.2) is 60.8 Å². The zero-order valence-electron chi connectivity index (χ0n) is 35.8. The maximum atomic E-state index is 12.6. The van der Waals surface area contributed by atoms with Crippen molar-refractivity contribution in [2.24, 2.45) is 0 Å². The SMILES string of the molecule is CCCCC/C=C\C/C=C\C/C=C\C/C=C\C/C=C\CCC(=O)OC(COC(=O)CCCCCCCCCCCCCCCCC)COP(=O)(O)OCCNC. The molecule has 0 aromatic carbocycles. The third-order valence-electron chi connectivity index (χ3n) is 9.15. The monoisotopic (exact) mass is 808 g/mol. The standard InChI is InChI=1S/C46H82NO8P/c1-4-6-8-10-12-14-16-18-20-21-22-23-25-27-29-31-33-35-37-39-46(49)55-44(43-54-56(50,51)53-41-40-47-3)42-52-45(48)38-36-34-32-30-28-26-24-19-17-15-13-11-9-7-5-2/h12,14,18,20,22-23,27,29,33,35,44,47H,4-11,13,15-17,19,21,24-26,28,30-32,34,36-43H2,1-3H3,(H,50,51)/b14-12-,20-18-,23-22-,29-27-,35-33-. The lowest BCUT2D eigenvalue weighted by atomic mass is 10.0. The predicted molar refractivity (Wildman–Crippen MR) is 234 cm³/mol. The molecule has 324 valence electrons. The molecule has 0 bridgehead atoms. The van der Waals surface area contributed by atoms with Gasteiger partial charge in [-0.3, -0.25) is 18.6 Å². The van der Waals surface area contributed by atoms with Crippen LogP contribution >= 0.6 is 7.82 Å². The number of carbonyl (C=O) groups is 2. The Hall–Kier alpha value is -2.29. The van der Waals surface area contributed by atoms with E-state index < -0.39 is 32.5 Å². The lowest BCUT2D eigenvalue weighted by molar-refractivity contribution is -0.161. The van der Waals surface area contributed by atoms with E-state index in [4.69, 9.17) is 18.5 Å². The first-order valence-corrected chi connectivity index (χ1v) is 23.7. The molecule has 0 aliphatic heterocycles. The number of phosphoric ester groups is 1. The molecule has 0 fully saturated rings. The summed E-state index contributed by atoms with van der Waals surface area (Å²) in [6, 6.07) is 0. The zero-order chi connectivity index (χ0) is 41.1. The third kappa shape index (κ3) is 41.3. The van der Waals surface area contributed by atoms with E-state index >= 15 is 0 Å². The molecule has 0 aliphatic rings. The first kappa shape index (κ1) is 53.7. The van der Waals surface area contributed by atoms with Crippen molar-refractivity contribution in [2.75, 3.05) is 33.4 Å². The van der Waals surface area contributed by atoms with Crippen molar-refractivity contribution in [2.45, 2.75) is 187 Å². The average molecular weight is 808 g/mol. The first-order chi connectivity index (χ1) is 27.3. The smallest absolute Gasteiger partial charge is 0.462 e. The molecule has 9 nitrogen and oxygen atoms in total. The van der Waals surface area contributed by atoms with Crippen LogP contribution in [0.25, 0.3) is 0 Å². The van der Waals surface area contributed by atoms with Crippen LogP contribution in [0, 0.1) is 0 Å². The highest BCUT2D eigenvalue weighted by molar-refractivity contribution is 7.47. The second kappa shape index (κ2) is 42.3. The first-order valence-electron chi connectivity index (χ1n) is 22.2. The van der Waals surface area contributed by atoms with Crippen molar-refractivity contribution in [3.63, 3.8) is 0 Å². The number of unbranched alkanes of at least 4 members (excludes halogenated alkanes) is 17. The number of hydrogen-bond donors (Lipinski definition) is 2. The van der Waals surface area contributed by atoms with Crippen LogP contribution in [-0.4, -0.2) is 56.3 Å². The van der Waals surface area contributed by atoms with Crippen LogP contribution in [0.3, 0.4) is 0 Å². The summed E-state index contributed by atoms with van der Waals surface area (Å²) in [6.07, 6.45) is 48.5. The van der Waals surface area contributed by atoms with E-state index in [1.807, 2.05) is 12.2 Å². The molecule has 0 radical (unpaired) electrons. The lowest BCUT2D eigenvalue weighted by Crippen LogP contribution is -2.29. The molecule has 0 rings (SSSR count). The van der Waals surface area contributed by atoms with Gasteiger partial charge < -0.3 is 19.7 Å². The van der Waals surface area contributed by atoms with Crippen molar-refractivity contribution in [1.82, 2.24) is 5.32 Å². The Labute approximate surface area is 342 Å². The van der Waals surface area contributed by atoms with E-state index in [2.05, 4.69) is 67.8 Å². The predicted octanol–water partition coefficient (Wildman–Crippen LogP) is 12.8. The van der Waals surface area contributed by atoms with E-state index in [1.165, 1.54) is 103 Å². The Kier molecular flexibility index (Phi) is 40.6. The van der Waals surface area contributed by atoms with Crippen molar-refractivity contribution in [3.05, 3.63) is 60.8 Å². The molecular weight excluding hydrogens is 725 g/mol. The van der Waals surface area contributed by atoms with Gasteiger partial charge in [-0.1, -0.05) is 177 Å². The molecule has 0 aliphatic carbocycles. The highest BCUT2D eigenvalue weighted by Crippen LogP contribution is 2.43. The minimum Gasteiger partial charge on any atom is -0.462 e. The number of esters is 2.